The van der Waals surface area contributed by atoms with Crippen molar-refractivity contribution >= 4 is 17.7 Å². The van der Waals surface area contributed by atoms with Gasteiger partial charge in [0.05, 0.1) is 0 Å². The van der Waals surface area contributed by atoms with Crippen molar-refractivity contribution < 1.29 is 4.79 Å². The fraction of sp³-hybridized carbons (Fsp3) is 0.294. The van der Waals surface area contributed by atoms with Crippen molar-refractivity contribution in [3.63, 3.8) is 0 Å². The molecule has 1 atom stereocenters. The maximum atomic E-state index is 11.8. The zero-order chi connectivity index (χ0) is 14.9. The Morgan fingerprint density at radius 3 is 2.62 bits per heavy atom. The highest BCUT2D eigenvalue weighted by atomic mass is 32.2. The number of pyridine rings is 1. The summed E-state index contributed by atoms with van der Waals surface area (Å²) in [5.74, 6) is 0.104. The van der Waals surface area contributed by atoms with Crippen molar-refractivity contribution in [3.8, 4) is 0 Å². The first-order chi connectivity index (χ1) is 10.2. The Morgan fingerprint density at radius 1 is 1.19 bits per heavy atom. The first kappa shape index (κ1) is 15.6. The van der Waals surface area contributed by atoms with Crippen molar-refractivity contribution in [2.45, 2.75) is 29.9 Å². The fourth-order valence-corrected chi connectivity index (χ4v) is 2.87. The molecule has 0 spiro atoms. The van der Waals surface area contributed by atoms with Gasteiger partial charge in [-0.1, -0.05) is 25.1 Å². The van der Waals surface area contributed by atoms with Crippen molar-refractivity contribution in [1.29, 1.82) is 0 Å². The molecule has 3 nitrogen and oxygen atoms in total. The van der Waals surface area contributed by atoms with Crippen molar-refractivity contribution in [2.24, 2.45) is 0 Å². The summed E-state index contributed by atoms with van der Waals surface area (Å²) in [6, 6.07) is 14.1. The standard InChI is InChI=1S/C17H20N2OS/c1-14(21-16-5-3-2-4-6-16)13-19-17(20)8-7-15-9-11-18-12-10-15/h2-6,9-12,14H,7-8,13H2,1H3,(H,19,20). The average Bonchev–Trinajstić information content (AvgIpc) is 2.53. The van der Waals surface area contributed by atoms with Gasteiger partial charge < -0.3 is 5.32 Å². The number of benzene rings is 1. The van der Waals surface area contributed by atoms with Crippen LogP contribution in [-0.4, -0.2) is 22.7 Å². The first-order valence-corrected chi connectivity index (χ1v) is 7.99. The molecule has 0 saturated carbocycles. The number of aromatic nitrogens is 1. The van der Waals surface area contributed by atoms with E-state index in [0.717, 1.165) is 12.0 Å². The lowest BCUT2D eigenvalue weighted by molar-refractivity contribution is -0.121. The molecular weight excluding hydrogens is 280 g/mol. The highest BCUT2D eigenvalue weighted by Gasteiger charge is 2.07. The lowest BCUT2D eigenvalue weighted by Gasteiger charge is -2.12. The van der Waals surface area contributed by atoms with Crippen LogP contribution in [0.5, 0.6) is 0 Å². The molecule has 0 radical (unpaired) electrons. The second-order valence-electron chi connectivity index (χ2n) is 4.90. The van der Waals surface area contributed by atoms with Gasteiger partial charge in [0.1, 0.15) is 0 Å². The molecule has 1 amide bonds. The molecule has 2 rings (SSSR count). The number of amides is 1. The number of hydrogen-bond acceptors (Lipinski definition) is 3. The molecule has 1 aromatic heterocycles. The summed E-state index contributed by atoms with van der Waals surface area (Å²) >= 11 is 1.78. The van der Waals surface area contributed by atoms with Crippen molar-refractivity contribution in [3.05, 3.63) is 60.4 Å². The lowest BCUT2D eigenvalue weighted by Crippen LogP contribution is -2.29. The molecule has 110 valence electrons. The van der Waals surface area contributed by atoms with Gasteiger partial charge in [-0.05, 0) is 36.2 Å². The van der Waals surface area contributed by atoms with Gasteiger partial charge in [-0.3, -0.25) is 9.78 Å². The van der Waals surface area contributed by atoms with E-state index in [1.807, 2.05) is 30.3 Å². The molecular formula is C17H20N2OS. The normalized spacial score (nSPS) is 11.9. The Morgan fingerprint density at radius 2 is 1.90 bits per heavy atom. The van der Waals surface area contributed by atoms with Gasteiger partial charge in [0.15, 0.2) is 0 Å². The molecule has 2 aromatic rings. The average molecular weight is 300 g/mol. The molecule has 21 heavy (non-hydrogen) atoms. The maximum absolute atomic E-state index is 11.8. The van der Waals surface area contributed by atoms with E-state index >= 15 is 0 Å². The van der Waals surface area contributed by atoms with E-state index < -0.39 is 0 Å². The third-order valence-electron chi connectivity index (χ3n) is 3.06. The van der Waals surface area contributed by atoms with Gasteiger partial charge in [0, 0.05) is 35.5 Å². The van der Waals surface area contributed by atoms with Crippen molar-refractivity contribution in [2.75, 3.05) is 6.54 Å². The Hall–Kier alpha value is -1.81. The number of nitrogens with one attached hydrogen (secondary N) is 1. The summed E-state index contributed by atoms with van der Waals surface area (Å²) in [4.78, 5) is 17.0. The van der Waals surface area contributed by atoms with Crippen LogP contribution in [0.4, 0.5) is 0 Å². The summed E-state index contributed by atoms with van der Waals surface area (Å²) in [5, 5.41) is 3.36. The smallest absolute Gasteiger partial charge is 0.220 e. The zero-order valence-electron chi connectivity index (χ0n) is 12.2. The molecule has 1 heterocycles. The Balaban J connectivity index is 1.66. The van der Waals surface area contributed by atoms with Crippen LogP contribution < -0.4 is 5.32 Å². The quantitative estimate of drug-likeness (QED) is 0.798. The topological polar surface area (TPSA) is 42.0 Å². The van der Waals surface area contributed by atoms with Gasteiger partial charge in [-0.25, -0.2) is 0 Å². The number of carbonyl (C=O) groups excluding carboxylic acids is 1. The van der Waals surface area contributed by atoms with Crippen LogP contribution in [-0.2, 0) is 11.2 Å². The summed E-state index contributed by atoms with van der Waals surface area (Å²) in [5.41, 5.74) is 1.15. The van der Waals surface area contributed by atoms with Gasteiger partial charge in [-0.15, -0.1) is 11.8 Å². The third-order valence-corrected chi connectivity index (χ3v) is 4.17. The van der Waals surface area contributed by atoms with Crippen LogP contribution in [0.3, 0.4) is 0 Å². The largest absolute Gasteiger partial charge is 0.355 e. The number of thioether (sulfide) groups is 1. The SMILES string of the molecule is CC(CNC(=O)CCc1ccncc1)Sc1ccccc1. The lowest BCUT2D eigenvalue weighted by atomic mass is 10.1. The molecule has 1 aromatic carbocycles. The van der Waals surface area contributed by atoms with Crippen LogP contribution in [0.2, 0.25) is 0 Å². The van der Waals surface area contributed by atoms with E-state index in [2.05, 4.69) is 29.4 Å². The van der Waals surface area contributed by atoms with Gasteiger partial charge >= 0.3 is 0 Å². The molecule has 4 heteroatoms. The van der Waals surface area contributed by atoms with Crippen LogP contribution in [0.15, 0.2) is 59.8 Å². The monoisotopic (exact) mass is 300 g/mol. The molecule has 1 unspecified atom stereocenters. The summed E-state index contributed by atoms with van der Waals surface area (Å²) in [6.07, 6.45) is 4.79. The molecule has 0 bridgehead atoms. The Labute approximate surface area is 130 Å². The second kappa shape index (κ2) is 8.47. The molecule has 1 N–H and O–H groups in total. The first-order valence-electron chi connectivity index (χ1n) is 7.11. The highest BCUT2D eigenvalue weighted by Crippen LogP contribution is 2.21. The number of hydrogen-bond donors (Lipinski definition) is 1. The van der Waals surface area contributed by atoms with E-state index in [0.29, 0.717) is 18.2 Å². The molecule has 0 aliphatic heterocycles. The molecule has 0 saturated heterocycles. The summed E-state index contributed by atoms with van der Waals surface area (Å²) in [6.45, 7) is 2.82. The van der Waals surface area contributed by atoms with E-state index in [4.69, 9.17) is 0 Å². The van der Waals surface area contributed by atoms with Gasteiger partial charge in [0.2, 0.25) is 5.91 Å². The van der Waals surface area contributed by atoms with Crippen LogP contribution in [0, 0.1) is 0 Å². The van der Waals surface area contributed by atoms with Crippen LogP contribution in [0.1, 0.15) is 18.9 Å². The summed E-state index contributed by atoms with van der Waals surface area (Å²) < 4.78 is 0. The number of rotatable bonds is 7. The highest BCUT2D eigenvalue weighted by molar-refractivity contribution is 8.00. The van der Waals surface area contributed by atoms with Gasteiger partial charge in [-0.2, -0.15) is 0 Å². The van der Waals surface area contributed by atoms with Gasteiger partial charge in [0.25, 0.3) is 0 Å². The zero-order valence-corrected chi connectivity index (χ0v) is 13.0. The third kappa shape index (κ3) is 6.00. The summed E-state index contributed by atoms with van der Waals surface area (Å²) in [7, 11) is 0. The minimum absolute atomic E-state index is 0.104. The van der Waals surface area contributed by atoms with E-state index in [9.17, 15) is 4.79 Å². The maximum Gasteiger partial charge on any atom is 0.220 e. The number of nitrogens with zero attached hydrogens (tertiary/aromatic N) is 1. The predicted molar refractivity (Wildman–Crippen MR) is 87.3 cm³/mol. The fourth-order valence-electron chi connectivity index (χ4n) is 1.93. The van der Waals surface area contributed by atoms with E-state index in [1.54, 1.807) is 24.2 Å². The molecule has 0 aliphatic rings. The minimum atomic E-state index is 0.104. The van der Waals surface area contributed by atoms with E-state index in [1.165, 1.54) is 4.90 Å². The Bertz CT molecular complexity index is 545. The Kier molecular flexibility index (Phi) is 6.28. The number of carbonyl (C=O) groups is 1. The minimum Gasteiger partial charge on any atom is -0.355 e. The number of aryl methyl sites for hydroxylation is 1. The molecule has 0 aliphatic carbocycles. The van der Waals surface area contributed by atoms with E-state index in [-0.39, 0.29) is 5.91 Å². The van der Waals surface area contributed by atoms with Crippen LogP contribution in [0.25, 0.3) is 0 Å². The predicted octanol–water partition coefficient (Wildman–Crippen LogP) is 3.31. The molecule has 0 fully saturated rings. The van der Waals surface area contributed by atoms with Crippen molar-refractivity contribution in [1.82, 2.24) is 10.3 Å². The second-order valence-corrected chi connectivity index (χ2v) is 6.41. The van der Waals surface area contributed by atoms with Crippen LogP contribution >= 0.6 is 11.8 Å².